The van der Waals surface area contributed by atoms with Crippen molar-refractivity contribution in [2.24, 2.45) is 0 Å². The molecule has 36 heavy (non-hydrogen) atoms. The molecule has 1 aliphatic heterocycles. The Kier molecular flexibility index (Phi) is 6.94. The molecule has 2 aromatic carbocycles. The summed E-state index contributed by atoms with van der Waals surface area (Å²) in [7, 11) is 1.62. The zero-order valence-corrected chi connectivity index (χ0v) is 20.6. The zero-order chi connectivity index (χ0) is 24.9. The summed E-state index contributed by atoms with van der Waals surface area (Å²) in [5.41, 5.74) is 8.29. The van der Waals surface area contributed by atoms with Crippen molar-refractivity contribution in [3.63, 3.8) is 0 Å². The van der Waals surface area contributed by atoms with E-state index < -0.39 is 0 Å². The average molecular weight is 486 g/mol. The number of aromatic nitrogens is 5. The van der Waals surface area contributed by atoms with Gasteiger partial charge in [0.25, 0.3) is 0 Å². The number of likely N-dealkylation sites (tertiary alicyclic amines) is 1. The van der Waals surface area contributed by atoms with Crippen LogP contribution in [0.5, 0.6) is 5.75 Å². The number of nitrogens with two attached hydrogens (primary N) is 1. The molecule has 4 aromatic rings. The summed E-state index contributed by atoms with van der Waals surface area (Å²) in [5.74, 6) is 3.22. The zero-order valence-electron chi connectivity index (χ0n) is 20.6. The van der Waals surface area contributed by atoms with E-state index in [1.807, 2.05) is 37.3 Å². The van der Waals surface area contributed by atoms with Crippen molar-refractivity contribution in [1.29, 1.82) is 0 Å². The van der Waals surface area contributed by atoms with Crippen molar-refractivity contribution in [3.05, 3.63) is 72.1 Å². The molecule has 5 rings (SSSR count). The third-order valence-corrected chi connectivity index (χ3v) is 6.22. The van der Waals surface area contributed by atoms with Crippen LogP contribution in [0.1, 0.15) is 24.2 Å². The predicted molar refractivity (Wildman–Crippen MR) is 141 cm³/mol. The molecule has 0 bridgehead atoms. The Morgan fingerprint density at radius 2 is 1.75 bits per heavy atom. The Balaban J connectivity index is 1.25. The number of rotatable bonds is 8. The van der Waals surface area contributed by atoms with Crippen LogP contribution in [0.4, 0.5) is 23.4 Å². The van der Waals surface area contributed by atoms with Crippen molar-refractivity contribution in [1.82, 2.24) is 29.6 Å². The number of anilines is 4. The Morgan fingerprint density at radius 3 is 2.53 bits per heavy atom. The highest BCUT2D eigenvalue weighted by Gasteiger charge is 2.20. The van der Waals surface area contributed by atoms with Crippen LogP contribution in [0.15, 0.2) is 60.7 Å². The van der Waals surface area contributed by atoms with Gasteiger partial charge < -0.3 is 21.1 Å². The summed E-state index contributed by atoms with van der Waals surface area (Å²) in [6, 6.07) is 20.4. The summed E-state index contributed by atoms with van der Waals surface area (Å²) in [4.78, 5) is 16.0. The normalized spacial score (nSPS) is 14.5. The number of aryl methyl sites for hydroxylation is 1. The van der Waals surface area contributed by atoms with E-state index in [4.69, 9.17) is 10.5 Å². The van der Waals surface area contributed by atoms with Crippen LogP contribution in [0.3, 0.4) is 0 Å². The number of nitrogens with one attached hydrogen (secondary N) is 2. The van der Waals surface area contributed by atoms with Gasteiger partial charge in [0.1, 0.15) is 17.4 Å². The molecule has 0 spiro atoms. The maximum atomic E-state index is 6.19. The van der Waals surface area contributed by atoms with E-state index >= 15 is 0 Å². The Labute approximate surface area is 210 Å². The van der Waals surface area contributed by atoms with Crippen LogP contribution in [-0.4, -0.2) is 55.9 Å². The Morgan fingerprint density at radius 1 is 1.00 bits per heavy atom. The number of ether oxygens (including phenoxy) is 1. The second-order valence-corrected chi connectivity index (χ2v) is 8.87. The van der Waals surface area contributed by atoms with Crippen LogP contribution in [0.2, 0.25) is 0 Å². The third kappa shape index (κ3) is 5.55. The number of hydrogen-bond acceptors (Lipinski definition) is 9. The molecule has 4 N–H and O–H groups in total. The topological polar surface area (TPSA) is 119 Å². The summed E-state index contributed by atoms with van der Waals surface area (Å²) < 4.78 is 6.91. The van der Waals surface area contributed by atoms with Crippen molar-refractivity contribution in [2.75, 3.05) is 36.6 Å². The minimum absolute atomic E-state index is 0.227. The van der Waals surface area contributed by atoms with Crippen molar-refractivity contribution in [3.8, 4) is 11.6 Å². The molecule has 2 aromatic heterocycles. The minimum atomic E-state index is 0.227. The lowest BCUT2D eigenvalue weighted by atomic mass is 10.0. The first-order chi connectivity index (χ1) is 17.6. The van der Waals surface area contributed by atoms with Gasteiger partial charge >= 0.3 is 0 Å². The lowest BCUT2D eigenvalue weighted by Crippen LogP contribution is -2.38. The lowest BCUT2D eigenvalue weighted by molar-refractivity contribution is 0.211. The first kappa shape index (κ1) is 23.6. The molecule has 0 unspecified atom stereocenters. The Bertz CT molecular complexity index is 1300. The number of nitrogens with zero attached hydrogens (tertiary/aromatic N) is 6. The maximum absolute atomic E-state index is 6.19. The quantitative estimate of drug-likeness (QED) is 0.342. The highest BCUT2D eigenvalue weighted by molar-refractivity contribution is 5.63. The van der Waals surface area contributed by atoms with Gasteiger partial charge in [-0.05, 0) is 37.5 Å². The molecule has 0 saturated carbocycles. The van der Waals surface area contributed by atoms with E-state index in [1.54, 1.807) is 7.11 Å². The average Bonchev–Trinajstić information content (AvgIpc) is 3.26. The van der Waals surface area contributed by atoms with E-state index in [0.717, 1.165) is 44.0 Å². The molecular formula is C26H31N9O. The van der Waals surface area contributed by atoms with E-state index in [-0.39, 0.29) is 5.95 Å². The van der Waals surface area contributed by atoms with Gasteiger partial charge in [-0.15, -0.1) is 5.10 Å². The number of para-hydroxylation sites is 2. The molecule has 0 amide bonds. The van der Waals surface area contributed by atoms with Gasteiger partial charge in [0.05, 0.1) is 12.8 Å². The van der Waals surface area contributed by atoms with E-state index in [9.17, 15) is 0 Å². The summed E-state index contributed by atoms with van der Waals surface area (Å²) in [6.07, 6.45) is 2.09. The van der Waals surface area contributed by atoms with E-state index in [0.29, 0.717) is 29.4 Å². The SMILES string of the molecule is COc1ccccc1Nc1nc(N)n(-c2cc(NC3CCN(Cc4ccccc4)CC3)nc(C)n2)n1. The lowest BCUT2D eigenvalue weighted by Gasteiger charge is -2.32. The monoisotopic (exact) mass is 485 g/mol. The molecule has 10 heteroatoms. The highest BCUT2D eigenvalue weighted by atomic mass is 16.5. The summed E-state index contributed by atoms with van der Waals surface area (Å²) in [5, 5.41) is 11.3. The van der Waals surface area contributed by atoms with Gasteiger partial charge in [-0.2, -0.15) is 9.67 Å². The van der Waals surface area contributed by atoms with Gasteiger partial charge in [0.15, 0.2) is 5.82 Å². The molecule has 1 aliphatic rings. The van der Waals surface area contributed by atoms with Gasteiger partial charge in [-0.3, -0.25) is 4.90 Å². The summed E-state index contributed by atoms with van der Waals surface area (Å²) in [6.45, 7) is 4.92. The molecule has 1 saturated heterocycles. The van der Waals surface area contributed by atoms with Crippen molar-refractivity contribution < 1.29 is 4.74 Å². The molecular weight excluding hydrogens is 454 g/mol. The van der Waals surface area contributed by atoms with Gasteiger partial charge in [0, 0.05) is 31.7 Å². The number of hydrogen-bond donors (Lipinski definition) is 3. The van der Waals surface area contributed by atoms with Crippen LogP contribution in [0, 0.1) is 6.92 Å². The van der Waals surface area contributed by atoms with Gasteiger partial charge in [-0.1, -0.05) is 42.5 Å². The van der Waals surface area contributed by atoms with Crippen LogP contribution in [-0.2, 0) is 6.54 Å². The molecule has 3 heterocycles. The molecule has 0 atom stereocenters. The number of piperidine rings is 1. The fourth-order valence-electron chi connectivity index (χ4n) is 4.43. The molecule has 1 fully saturated rings. The molecule has 186 valence electrons. The second kappa shape index (κ2) is 10.6. The van der Waals surface area contributed by atoms with Gasteiger partial charge in [0.2, 0.25) is 11.9 Å². The molecule has 0 radical (unpaired) electrons. The smallest absolute Gasteiger partial charge is 0.249 e. The fourth-order valence-corrected chi connectivity index (χ4v) is 4.43. The fraction of sp³-hybridized carbons (Fsp3) is 0.308. The van der Waals surface area contributed by atoms with Crippen molar-refractivity contribution >= 4 is 23.4 Å². The standard InChI is InChI=1S/C26H31N9O/c1-18-28-23(30-20-12-14-34(15-13-20)17-19-8-4-3-5-9-19)16-24(29-18)35-25(27)32-26(33-35)31-21-10-6-7-11-22(21)36-2/h3-11,16,20H,12-15,17H2,1-2H3,(H,28,29,30)(H3,27,31,32,33). The van der Waals surface area contributed by atoms with E-state index in [2.05, 4.69) is 65.9 Å². The maximum Gasteiger partial charge on any atom is 0.249 e. The number of nitrogen functional groups attached to an aromatic ring is 1. The number of benzene rings is 2. The first-order valence-corrected chi connectivity index (χ1v) is 12.1. The van der Waals surface area contributed by atoms with Gasteiger partial charge in [-0.25, -0.2) is 9.97 Å². The van der Waals surface area contributed by atoms with E-state index in [1.165, 1.54) is 10.2 Å². The molecule has 0 aliphatic carbocycles. The number of methoxy groups -OCH3 is 1. The van der Waals surface area contributed by atoms with Crippen LogP contribution >= 0.6 is 0 Å². The largest absolute Gasteiger partial charge is 0.495 e. The Hall–Kier alpha value is -4.18. The van der Waals surface area contributed by atoms with Crippen molar-refractivity contribution in [2.45, 2.75) is 32.4 Å². The molecule has 10 nitrogen and oxygen atoms in total. The van der Waals surface area contributed by atoms with Crippen LogP contribution < -0.4 is 21.1 Å². The third-order valence-electron chi connectivity index (χ3n) is 6.22. The summed E-state index contributed by atoms with van der Waals surface area (Å²) >= 11 is 0. The second-order valence-electron chi connectivity index (χ2n) is 8.87. The minimum Gasteiger partial charge on any atom is -0.495 e. The predicted octanol–water partition coefficient (Wildman–Crippen LogP) is 3.78. The van der Waals surface area contributed by atoms with Crippen LogP contribution in [0.25, 0.3) is 5.82 Å². The first-order valence-electron chi connectivity index (χ1n) is 12.1. The highest BCUT2D eigenvalue weighted by Crippen LogP contribution is 2.26.